The van der Waals surface area contributed by atoms with E-state index in [9.17, 15) is 4.79 Å². The van der Waals surface area contributed by atoms with Gasteiger partial charge in [0.1, 0.15) is 5.58 Å². The third-order valence-corrected chi connectivity index (χ3v) is 5.11. The third-order valence-electron chi connectivity index (χ3n) is 5.11. The van der Waals surface area contributed by atoms with Crippen molar-refractivity contribution in [3.05, 3.63) is 34.6 Å². The number of carbonyl (C=O) groups excluding carboxylic acids is 1. The number of nitrogens with two attached hydrogens (primary N) is 1. The second-order valence-corrected chi connectivity index (χ2v) is 6.96. The summed E-state index contributed by atoms with van der Waals surface area (Å²) in [6.07, 6.45) is 2.86. The van der Waals surface area contributed by atoms with Gasteiger partial charge in [0.25, 0.3) is 5.91 Å². The van der Waals surface area contributed by atoms with E-state index < -0.39 is 0 Å². The number of furan rings is 1. The molecule has 1 fully saturated rings. The molecule has 1 saturated heterocycles. The molecule has 1 aromatic heterocycles. The summed E-state index contributed by atoms with van der Waals surface area (Å²) < 4.78 is 11.8. The molecule has 0 unspecified atom stereocenters. The van der Waals surface area contributed by atoms with E-state index in [2.05, 4.69) is 13.0 Å². The molecule has 1 aliphatic heterocycles. The van der Waals surface area contributed by atoms with Gasteiger partial charge in [0.05, 0.1) is 6.10 Å². The summed E-state index contributed by atoms with van der Waals surface area (Å²) in [6.45, 7) is 8.83. The number of likely N-dealkylation sites (tertiary alicyclic amines) is 1. The molecule has 2 heterocycles. The molecule has 3 rings (SSSR count). The van der Waals surface area contributed by atoms with Crippen molar-refractivity contribution in [2.45, 2.75) is 46.1 Å². The van der Waals surface area contributed by atoms with Gasteiger partial charge < -0.3 is 19.8 Å². The fourth-order valence-electron chi connectivity index (χ4n) is 3.58. The molecule has 1 aliphatic rings. The molecule has 1 amide bonds. The highest BCUT2D eigenvalue weighted by Gasteiger charge is 2.28. The van der Waals surface area contributed by atoms with Crippen LogP contribution >= 0.6 is 12.4 Å². The minimum absolute atomic E-state index is 0. The van der Waals surface area contributed by atoms with Crippen LogP contribution < -0.4 is 5.73 Å². The number of amides is 1. The highest BCUT2D eigenvalue weighted by Crippen LogP contribution is 2.31. The molecule has 144 valence electrons. The standard InChI is InChI=1S/C20H28N2O3.ClH/c1-13-5-6-14(2)18-17(13)15(3)19(25-18)20(23)22-10-7-16(8-11-22)24-12-4-9-21;/h5-6,16H,4,7-12,21H2,1-3H3;1H. The van der Waals surface area contributed by atoms with Crippen LogP contribution in [0, 0.1) is 20.8 Å². The van der Waals surface area contributed by atoms with Crippen LogP contribution in [0.1, 0.15) is 46.5 Å². The van der Waals surface area contributed by atoms with Crippen LogP contribution in [0.25, 0.3) is 11.0 Å². The fraction of sp³-hybridized carbons (Fsp3) is 0.550. The number of hydrogen-bond donors (Lipinski definition) is 1. The Labute approximate surface area is 161 Å². The van der Waals surface area contributed by atoms with Crippen LogP contribution in [0.5, 0.6) is 0 Å². The van der Waals surface area contributed by atoms with Crippen molar-refractivity contribution in [3.63, 3.8) is 0 Å². The Balaban J connectivity index is 0.00000243. The summed E-state index contributed by atoms with van der Waals surface area (Å²) in [5, 5.41) is 1.07. The first kappa shape index (κ1) is 20.7. The minimum Gasteiger partial charge on any atom is -0.450 e. The van der Waals surface area contributed by atoms with Crippen molar-refractivity contribution in [1.29, 1.82) is 0 Å². The van der Waals surface area contributed by atoms with Crippen molar-refractivity contribution in [2.24, 2.45) is 5.73 Å². The maximum atomic E-state index is 13.0. The van der Waals surface area contributed by atoms with Gasteiger partial charge in [-0.1, -0.05) is 12.1 Å². The Bertz CT molecular complexity index is 764. The molecule has 0 bridgehead atoms. The molecule has 5 nitrogen and oxygen atoms in total. The average Bonchev–Trinajstić information content (AvgIpc) is 2.97. The summed E-state index contributed by atoms with van der Waals surface area (Å²) in [5.41, 5.74) is 9.49. The summed E-state index contributed by atoms with van der Waals surface area (Å²) in [5.74, 6) is 0.475. The van der Waals surface area contributed by atoms with Gasteiger partial charge >= 0.3 is 0 Å². The molecule has 0 atom stereocenters. The van der Waals surface area contributed by atoms with E-state index in [1.54, 1.807) is 0 Å². The molecule has 0 radical (unpaired) electrons. The van der Waals surface area contributed by atoms with E-state index in [1.807, 2.05) is 24.8 Å². The predicted octanol–water partition coefficient (Wildman–Crippen LogP) is 3.75. The monoisotopic (exact) mass is 380 g/mol. The molecule has 1 aromatic carbocycles. The molecule has 6 heteroatoms. The zero-order valence-corrected chi connectivity index (χ0v) is 16.7. The van der Waals surface area contributed by atoms with Crippen molar-refractivity contribution < 1.29 is 13.9 Å². The highest BCUT2D eigenvalue weighted by atomic mass is 35.5. The molecular formula is C20H29ClN2O3. The Hall–Kier alpha value is -1.56. The van der Waals surface area contributed by atoms with Gasteiger partial charge in [0.2, 0.25) is 0 Å². The zero-order chi connectivity index (χ0) is 18.0. The Morgan fingerprint density at radius 3 is 2.50 bits per heavy atom. The lowest BCUT2D eigenvalue weighted by molar-refractivity contribution is 0.00767. The smallest absolute Gasteiger partial charge is 0.289 e. The van der Waals surface area contributed by atoms with E-state index in [1.165, 1.54) is 0 Å². The maximum Gasteiger partial charge on any atom is 0.289 e. The Morgan fingerprint density at radius 1 is 1.23 bits per heavy atom. The molecule has 2 N–H and O–H groups in total. The van der Waals surface area contributed by atoms with Crippen molar-refractivity contribution in [1.82, 2.24) is 4.90 Å². The lowest BCUT2D eigenvalue weighted by Crippen LogP contribution is -2.41. The quantitative estimate of drug-likeness (QED) is 0.802. The van der Waals surface area contributed by atoms with E-state index in [-0.39, 0.29) is 24.4 Å². The number of ether oxygens (including phenoxy) is 1. The van der Waals surface area contributed by atoms with Gasteiger partial charge in [-0.2, -0.15) is 0 Å². The summed E-state index contributed by atoms with van der Waals surface area (Å²) in [4.78, 5) is 14.8. The molecular weight excluding hydrogens is 352 g/mol. The van der Waals surface area contributed by atoms with Gasteiger partial charge in [-0.3, -0.25) is 4.79 Å². The van der Waals surface area contributed by atoms with Crippen LogP contribution in [0.4, 0.5) is 0 Å². The normalized spacial score (nSPS) is 15.3. The number of benzene rings is 1. The number of aryl methyl sites for hydroxylation is 3. The molecule has 2 aromatic rings. The molecule has 0 aliphatic carbocycles. The fourth-order valence-corrected chi connectivity index (χ4v) is 3.58. The van der Waals surface area contributed by atoms with Crippen LogP contribution in [0.2, 0.25) is 0 Å². The number of rotatable bonds is 5. The second-order valence-electron chi connectivity index (χ2n) is 6.96. The summed E-state index contributed by atoms with van der Waals surface area (Å²) in [7, 11) is 0. The maximum absolute atomic E-state index is 13.0. The number of halogens is 1. The van der Waals surface area contributed by atoms with E-state index >= 15 is 0 Å². The molecule has 26 heavy (non-hydrogen) atoms. The van der Waals surface area contributed by atoms with E-state index in [0.29, 0.717) is 32.0 Å². The largest absolute Gasteiger partial charge is 0.450 e. The highest BCUT2D eigenvalue weighted by molar-refractivity contribution is 6.00. The minimum atomic E-state index is -0.00657. The number of fused-ring (bicyclic) bond motifs is 1. The van der Waals surface area contributed by atoms with Gasteiger partial charge in [0.15, 0.2) is 5.76 Å². The average molecular weight is 381 g/mol. The van der Waals surface area contributed by atoms with E-state index in [0.717, 1.165) is 46.9 Å². The van der Waals surface area contributed by atoms with Crippen LogP contribution in [-0.2, 0) is 4.74 Å². The van der Waals surface area contributed by atoms with Gasteiger partial charge in [-0.15, -0.1) is 12.4 Å². The lowest BCUT2D eigenvalue weighted by atomic mass is 10.0. The second kappa shape index (κ2) is 8.89. The first-order valence-corrected chi connectivity index (χ1v) is 9.13. The topological polar surface area (TPSA) is 68.7 Å². The van der Waals surface area contributed by atoms with Crippen molar-refractivity contribution >= 4 is 29.3 Å². The number of piperidine rings is 1. The summed E-state index contributed by atoms with van der Waals surface area (Å²) in [6, 6.07) is 4.12. The molecule has 0 spiro atoms. The SMILES string of the molecule is Cc1ccc(C)c2c(C)c(C(=O)N3CCC(OCCCN)CC3)oc12.Cl. The zero-order valence-electron chi connectivity index (χ0n) is 15.8. The third kappa shape index (κ3) is 4.05. The van der Waals surface area contributed by atoms with Crippen LogP contribution in [0.15, 0.2) is 16.5 Å². The molecule has 0 saturated carbocycles. The van der Waals surface area contributed by atoms with E-state index in [4.69, 9.17) is 14.9 Å². The van der Waals surface area contributed by atoms with Gasteiger partial charge in [0, 0.05) is 30.6 Å². The van der Waals surface area contributed by atoms with Crippen LogP contribution in [0.3, 0.4) is 0 Å². The van der Waals surface area contributed by atoms with Crippen LogP contribution in [-0.4, -0.2) is 43.2 Å². The number of hydrogen-bond acceptors (Lipinski definition) is 4. The lowest BCUT2D eigenvalue weighted by Gasteiger charge is -2.31. The van der Waals surface area contributed by atoms with Crippen molar-refractivity contribution in [2.75, 3.05) is 26.2 Å². The Morgan fingerprint density at radius 2 is 1.88 bits per heavy atom. The summed E-state index contributed by atoms with van der Waals surface area (Å²) >= 11 is 0. The van der Waals surface area contributed by atoms with Gasteiger partial charge in [-0.05, 0) is 57.7 Å². The van der Waals surface area contributed by atoms with Crippen molar-refractivity contribution in [3.8, 4) is 0 Å². The number of nitrogens with zero attached hydrogens (tertiary/aromatic N) is 1. The first-order chi connectivity index (χ1) is 12.0. The number of carbonyl (C=O) groups is 1. The first-order valence-electron chi connectivity index (χ1n) is 9.13. The Kier molecular flexibility index (Phi) is 7.09. The predicted molar refractivity (Wildman–Crippen MR) is 106 cm³/mol. The van der Waals surface area contributed by atoms with Gasteiger partial charge in [-0.25, -0.2) is 0 Å².